The Labute approximate surface area is 176 Å². The van der Waals surface area contributed by atoms with Crippen LogP contribution >= 0.6 is 12.4 Å². The van der Waals surface area contributed by atoms with Crippen molar-refractivity contribution in [1.29, 1.82) is 0 Å². The fourth-order valence-electron chi connectivity index (χ4n) is 3.95. The van der Waals surface area contributed by atoms with Gasteiger partial charge in [-0.15, -0.1) is 12.4 Å². The number of rotatable bonds is 4. The number of aromatic nitrogens is 3. The third-order valence-electron chi connectivity index (χ3n) is 5.38. The van der Waals surface area contributed by atoms with E-state index in [1.807, 2.05) is 18.2 Å². The summed E-state index contributed by atoms with van der Waals surface area (Å²) in [4.78, 5) is 14.0. The molecule has 3 aromatic rings. The molecule has 0 saturated carbocycles. The molecular weight excluding hydrogens is 386 g/mol. The van der Waals surface area contributed by atoms with Crippen molar-refractivity contribution in [1.82, 2.24) is 20.3 Å². The molecule has 0 aliphatic carbocycles. The van der Waals surface area contributed by atoms with Gasteiger partial charge >= 0.3 is 0 Å². The number of benzene rings is 1. The summed E-state index contributed by atoms with van der Waals surface area (Å²) in [5.41, 5.74) is 5.69. The van der Waals surface area contributed by atoms with Gasteiger partial charge in [-0.3, -0.25) is 4.98 Å². The zero-order valence-electron chi connectivity index (χ0n) is 16.1. The second-order valence-electron chi connectivity index (χ2n) is 7.15. The van der Waals surface area contributed by atoms with Crippen molar-refractivity contribution in [3.05, 3.63) is 71.0 Å². The van der Waals surface area contributed by atoms with Crippen molar-refractivity contribution in [2.75, 3.05) is 25.0 Å². The van der Waals surface area contributed by atoms with Gasteiger partial charge in [0, 0.05) is 24.8 Å². The number of anilines is 1. The van der Waals surface area contributed by atoms with Crippen LogP contribution in [0.3, 0.4) is 0 Å². The highest BCUT2D eigenvalue weighted by atomic mass is 35.5. The van der Waals surface area contributed by atoms with Crippen LogP contribution in [0.4, 0.5) is 5.82 Å². The van der Waals surface area contributed by atoms with Crippen molar-refractivity contribution in [3.8, 4) is 11.5 Å². The number of ether oxygens (including phenoxy) is 1. The van der Waals surface area contributed by atoms with Gasteiger partial charge in [0.25, 0.3) is 0 Å². The molecule has 2 aromatic heterocycles. The van der Waals surface area contributed by atoms with E-state index in [-0.39, 0.29) is 18.5 Å². The summed E-state index contributed by atoms with van der Waals surface area (Å²) in [6.45, 7) is 3.15. The van der Waals surface area contributed by atoms with Crippen LogP contribution < -0.4 is 10.6 Å². The molecule has 1 aromatic carbocycles. The first-order valence-electron chi connectivity index (χ1n) is 9.83. The highest BCUT2D eigenvalue weighted by molar-refractivity contribution is 5.85. The van der Waals surface area contributed by atoms with E-state index in [0.29, 0.717) is 12.4 Å². The average Bonchev–Trinajstić information content (AvgIpc) is 2.78. The normalized spacial score (nSPS) is 17.6. The first-order valence-corrected chi connectivity index (χ1v) is 9.83. The van der Waals surface area contributed by atoms with E-state index in [2.05, 4.69) is 39.9 Å². The van der Waals surface area contributed by atoms with Gasteiger partial charge in [0.05, 0.1) is 18.4 Å². The van der Waals surface area contributed by atoms with Crippen LogP contribution in [-0.2, 0) is 24.1 Å². The van der Waals surface area contributed by atoms with Crippen molar-refractivity contribution >= 4 is 18.2 Å². The van der Waals surface area contributed by atoms with Crippen LogP contribution in [-0.4, -0.2) is 34.6 Å². The lowest BCUT2D eigenvalue weighted by atomic mass is 9.97. The molecule has 6 nitrogen and oxygen atoms in total. The van der Waals surface area contributed by atoms with Gasteiger partial charge < -0.3 is 15.4 Å². The minimum absolute atomic E-state index is 0. The van der Waals surface area contributed by atoms with Gasteiger partial charge in [0.15, 0.2) is 5.82 Å². The molecule has 7 heteroatoms. The van der Waals surface area contributed by atoms with E-state index in [1.54, 1.807) is 6.20 Å². The molecule has 0 spiro atoms. The van der Waals surface area contributed by atoms with Gasteiger partial charge in [-0.2, -0.15) is 0 Å². The summed E-state index contributed by atoms with van der Waals surface area (Å²) in [5.74, 6) is 1.56. The van der Waals surface area contributed by atoms with Crippen LogP contribution in [0, 0.1) is 0 Å². The molecule has 0 amide bonds. The third-order valence-corrected chi connectivity index (χ3v) is 5.38. The molecule has 150 valence electrons. The standard InChI is InChI=1S/C22H23N5O.ClH/c1-2-6-16-15(5-1)9-12-28-20(16)14-25-21-17-8-11-23-13-19(17)26-22(27-21)18-7-3-4-10-24-18;/h1-7,10,20,23H,8-9,11-14H2,(H,25,26,27);1H. The van der Waals surface area contributed by atoms with Gasteiger partial charge in [0.1, 0.15) is 11.5 Å². The molecule has 0 saturated heterocycles. The predicted octanol–water partition coefficient (Wildman–Crippen LogP) is 3.33. The number of hydrogen-bond acceptors (Lipinski definition) is 6. The second-order valence-corrected chi connectivity index (χ2v) is 7.15. The van der Waals surface area contributed by atoms with Crippen LogP contribution in [0.1, 0.15) is 28.5 Å². The summed E-state index contributed by atoms with van der Waals surface area (Å²) >= 11 is 0. The molecule has 1 unspecified atom stereocenters. The smallest absolute Gasteiger partial charge is 0.180 e. The number of fused-ring (bicyclic) bond motifs is 2. The maximum Gasteiger partial charge on any atom is 0.180 e. The third kappa shape index (κ3) is 4.10. The molecule has 0 bridgehead atoms. The van der Waals surface area contributed by atoms with Crippen molar-refractivity contribution in [3.63, 3.8) is 0 Å². The Balaban J connectivity index is 0.00000205. The maximum atomic E-state index is 6.05. The van der Waals surface area contributed by atoms with Gasteiger partial charge in [-0.1, -0.05) is 30.3 Å². The Bertz CT molecular complexity index is 982. The Morgan fingerprint density at radius 2 is 1.97 bits per heavy atom. The molecular formula is C22H24ClN5O. The van der Waals surface area contributed by atoms with E-state index < -0.39 is 0 Å². The lowest BCUT2D eigenvalue weighted by molar-refractivity contribution is 0.0513. The van der Waals surface area contributed by atoms with Crippen LogP contribution in [0.15, 0.2) is 48.7 Å². The van der Waals surface area contributed by atoms with Gasteiger partial charge in [0.2, 0.25) is 0 Å². The number of hydrogen-bond donors (Lipinski definition) is 2. The molecule has 1 atom stereocenters. The average molecular weight is 410 g/mol. The van der Waals surface area contributed by atoms with E-state index >= 15 is 0 Å². The van der Waals surface area contributed by atoms with Gasteiger partial charge in [-0.25, -0.2) is 9.97 Å². The topological polar surface area (TPSA) is 72.0 Å². The minimum Gasteiger partial charge on any atom is -0.371 e. The largest absolute Gasteiger partial charge is 0.371 e. The Kier molecular flexibility index (Phi) is 6.04. The van der Waals surface area contributed by atoms with Crippen molar-refractivity contribution in [2.24, 2.45) is 0 Å². The van der Waals surface area contributed by atoms with Crippen molar-refractivity contribution in [2.45, 2.75) is 25.5 Å². The summed E-state index contributed by atoms with van der Waals surface area (Å²) in [7, 11) is 0. The Morgan fingerprint density at radius 1 is 1.07 bits per heavy atom. The quantitative estimate of drug-likeness (QED) is 0.688. The molecule has 2 aliphatic heterocycles. The zero-order chi connectivity index (χ0) is 18.8. The lowest BCUT2D eigenvalue weighted by Crippen LogP contribution is -2.28. The predicted molar refractivity (Wildman–Crippen MR) is 115 cm³/mol. The Hall–Kier alpha value is -2.54. The summed E-state index contributed by atoms with van der Waals surface area (Å²) in [6, 6.07) is 14.4. The summed E-state index contributed by atoms with van der Waals surface area (Å²) < 4.78 is 6.05. The highest BCUT2D eigenvalue weighted by Gasteiger charge is 2.23. The van der Waals surface area contributed by atoms with Crippen LogP contribution in [0.5, 0.6) is 0 Å². The fourth-order valence-corrected chi connectivity index (χ4v) is 3.95. The number of nitrogens with one attached hydrogen (secondary N) is 2. The maximum absolute atomic E-state index is 6.05. The minimum atomic E-state index is 0. The van der Waals surface area contributed by atoms with E-state index in [0.717, 1.165) is 49.7 Å². The molecule has 2 aliphatic rings. The van der Waals surface area contributed by atoms with Gasteiger partial charge in [-0.05, 0) is 42.6 Å². The first-order chi connectivity index (χ1) is 13.9. The first kappa shape index (κ1) is 19.8. The lowest BCUT2D eigenvalue weighted by Gasteiger charge is -2.27. The highest BCUT2D eigenvalue weighted by Crippen LogP contribution is 2.29. The number of halogens is 1. The number of nitrogens with zero attached hydrogens (tertiary/aromatic N) is 3. The van der Waals surface area contributed by atoms with E-state index in [4.69, 9.17) is 14.7 Å². The molecule has 0 radical (unpaired) electrons. The van der Waals surface area contributed by atoms with E-state index in [9.17, 15) is 0 Å². The molecule has 29 heavy (non-hydrogen) atoms. The second kappa shape index (κ2) is 8.86. The van der Waals surface area contributed by atoms with Crippen molar-refractivity contribution < 1.29 is 4.74 Å². The zero-order valence-corrected chi connectivity index (χ0v) is 16.9. The number of pyridine rings is 1. The summed E-state index contributed by atoms with van der Waals surface area (Å²) in [6.07, 6.45) is 3.71. The molecule has 2 N–H and O–H groups in total. The monoisotopic (exact) mass is 409 g/mol. The van der Waals surface area contributed by atoms with E-state index in [1.165, 1.54) is 16.7 Å². The molecule has 0 fully saturated rings. The fraction of sp³-hybridized carbons (Fsp3) is 0.318. The molecule has 4 heterocycles. The Morgan fingerprint density at radius 3 is 2.86 bits per heavy atom. The van der Waals surface area contributed by atoms with Crippen LogP contribution in [0.25, 0.3) is 11.5 Å². The summed E-state index contributed by atoms with van der Waals surface area (Å²) in [5, 5.41) is 6.96. The molecule has 5 rings (SSSR count). The van der Waals surface area contributed by atoms with Crippen LogP contribution in [0.2, 0.25) is 0 Å². The SMILES string of the molecule is Cl.c1ccc(-c2nc3c(c(NCC4OCCc5ccccc54)n2)CCNC3)nc1.